The molecule has 0 aliphatic heterocycles. The van der Waals surface area contributed by atoms with E-state index in [1.807, 2.05) is 18.2 Å². The van der Waals surface area contributed by atoms with Crippen molar-refractivity contribution in [3.8, 4) is 0 Å². The Morgan fingerprint density at radius 3 is 2.74 bits per heavy atom. The molecule has 1 aromatic heterocycles. The molecule has 2 atom stereocenters. The molecule has 0 spiro atoms. The molecule has 1 aromatic carbocycles. The summed E-state index contributed by atoms with van der Waals surface area (Å²) < 4.78 is 0. The van der Waals surface area contributed by atoms with Crippen LogP contribution in [-0.4, -0.2) is 10.1 Å². The fourth-order valence-electron chi connectivity index (χ4n) is 3.07. The maximum Gasteiger partial charge on any atom is 0.180 e. The van der Waals surface area contributed by atoms with Crippen LogP contribution in [-0.2, 0) is 5.60 Å². The predicted molar refractivity (Wildman–Crippen MR) is 78.1 cm³/mol. The summed E-state index contributed by atoms with van der Waals surface area (Å²) in [5, 5.41) is 11.7. The molecule has 3 N–H and O–H groups in total. The van der Waals surface area contributed by atoms with Crippen LogP contribution in [0.3, 0.4) is 0 Å². The molecule has 100 valence electrons. The van der Waals surface area contributed by atoms with Crippen LogP contribution in [0.1, 0.15) is 42.0 Å². The SMILES string of the molecule is Nc1ncc(C2(O)CCCCC2c2ccccc2)s1. The zero-order chi connectivity index (χ0) is 13.3. The second-order valence-corrected chi connectivity index (χ2v) is 6.26. The van der Waals surface area contributed by atoms with E-state index in [0.29, 0.717) is 5.13 Å². The van der Waals surface area contributed by atoms with E-state index in [0.717, 1.165) is 30.6 Å². The maximum atomic E-state index is 11.2. The van der Waals surface area contributed by atoms with E-state index in [9.17, 15) is 5.11 Å². The van der Waals surface area contributed by atoms with Gasteiger partial charge in [0.1, 0.15) is 5.60 Å². The molecular formula is C15H18N2OS. The number of nitrogens with two attached hydrogens (primary N) is 1. The van der Waals surface area contributed by atoms with Crippen LogP contribution in [0.15, 0.2) is 36.5 Å². The zero-order valence-electron chi connectivity index (χ0n) is 10.7. The fraction of sp³-hybridized carbons (Fsp3) is 0.400. The van der Waals surface area contributed by atoms with Gasteiger partial charge in [0, 0.05) is 12.1 Å². The van der Waals surface area contributed by atoms with Gasteiger partial charge in [0.25, 0.3) is 0 Å². The van der Waals surface area contributed by atoms with Crippen molar-refractivity contribution in [1.29, 1.82) is 0 Å². The molecule has 1 aliphatic rings. The third-order valence-electron chi connectivity index (χ3n) is 4.03. The van der Waals surface area contributed by atoms with Crippen molar-refractivity contribution in [3.05, 3.63) is 47.0 Å². The second kappa shape index (κ2) is 4.94. The number of anilines is 1. The molecule has 0 amide bonds. The van der Waals surface area contributed by atoms with Crippen LogP contribution in [0, 0.1) is 0 Å². The van der Waals surface area contributed by atoms with Gasteiger partial charge in [-0.05, 0) is 18.4 Å². The average molecular weight is 274 g/mol. The molecule has 1 heterocycles. The summed E-state index contributed by atoms with van der Waals surface area (Å²) >= 11 is 1.41. The number of thiazole rings is 1. The van der Waals surface area contributed by atoms with Crippen LogP contribution in [0.5, 0.6) is 0 Å². The molecule has 1 fully saturated rings. The molecule has 2 unspecified atom stereocenters. The van der Waals surface area contributed by atoms with Crippen LogP contribution >= 0.6 is 11.3 Å². The van der Waals surface area contributed by atoms with Crippen LogP contribution in [0.2, 0.25) is 0 Å². The Kier molecular flexibility index (Phi) is 3.29. The molecule has 0 bridgehead atoms. The first-order chi connectivity index (χ1) is 9.20. The fourth-order valence-corrected chi connectivity index (χ4v) is 3.92. The van der Waals surface area contributed by atoms with Gasteiger partial charge < -0.3 is 10.8 Å². The summed E-state index contributed by atoms with van der Waals surface area (Å²) in [5.74, 6) is 0.141. The minimum absolute atomic E-state index is 0.141. The van der Waals surface area contributed by atoms with Gasteiger partial charge in [-0.1, -0.05) is 54.5 Å². The largest absolute Gasteiger partial charge is 0.384 e. The maximum absolute atomic E-state index is 11.2. The number of hydrogen-bond acceptors (Lipinski definition) is 4. The van der Waals surface area contributed by atoms with Gasteiger partial charge in [0.05, 0.1) is 4.88 Å². The predicted octanol–water partition coefficient (Wildman–Crippen LogP) is 3.27. The molecule has 1 saturated carbocycles. The number of aliphatic hydroxyl groups is 1. The first kappa shape index (κ1) is 12.6. The van der Waals surface area contributed by atoms with E-state index in [1.54, 1.807) is 6.20 Å². The molecule has 4 heteroatoms. The lowest BCUT2D eigenvalue weighted by molar-refractivity contribution is -0.0193. The number of hydrogen-bond donors (Lipinski definition) is 2. The van der Waals surface area contributed by atoms with Crippen molar-refractivity contribution in [2.45, 2.75) is 37.2 Å². The first-order valence-electron chi connectivity index (χ1n) is 6.69. The number of aromatic nitrogens is 1. The molecule has 3 rings (SSSR count). The van der Waals surface area contributed by atoms with Crippen molar-refractivity contribution in [1.82, 2.24) is 4.98 Å². The summed E-state index contributed by atoms with van der Waals surface area (Å²) in [5.41, 5.74) is 6.12. The van der Waals surface area contributed by atoms with Gasteiger partial charge in [-0.3, -0.25) is 0 Å². The van der Waals surface area contributed by atoms with Gasteiger partial charge in [0.2, 0.25) is 0 Å². The highest BCUT2D eigenvalue weighted by atomic mass is 32.1. The van der Waals surface area contributed by atoms with Gasteiger partial charge in [-0.25, -0.2) is 4.98 Å². The molecular weight excluding hydrogens is 256 g/mol. The van der Waals surface area contributed by atoms with E-state index in [1.165, 1.54) is 16.9 Å². The molecule has 3 nitrogen and oxygen atoms in total. The Bertz CT molecular complexity index is 554. The number of benzene rings is 1. The van der Waals surface area contributed by atoms with Gasteiger partial charge >= 0.3 is 0 Å². The highest BCUT2D eigenvalue weighted by Crippen LogP contribution is 2.48. The smallest absolute Gasteiger partial charge is 0.180 e. The summed E-state index contributed by atoms with van der Waals surface area (Å²) in [7, 11) is 0. The van der Waals surface area contributed by atoms with E-state index in [2.05, 4.69) is 17.1 Å². The highest BCUT2D eigenvalue weighted by Gasteiger charge is 2.42. The number of nitrogens with zero attached hydrogens (tertiary/aromatic N) is 1. The highest BCUT2D eigenvalue weighted by molar-refractivity contribution is 7.15. The molecule has 19 heavy (non-hydrogen) atoms. The monoisotopic (exact) mass is 274 g/mol. The minimum atomic E-state index is -0.811. The van der Waals surface area contributed by atoms with Crippen molar-refractivity contribution >= 4 is 16.5 Å². The number of nitrogen functional groups attached to an aromatic ring is 1. The van der Waals surface area contributed by atoms with E-state index in [4.69, 9.17) is 5.73 Å². The summed E-state index contributed by atoms with van der Waals surface area (Å²) in [6, 6.07) is 10.3. The topological polar surface area (TPSA) is 59.1 Å². The quantitative estimate of drug-likeness (QED) is 0.883. The molecule has 0 radical (unpaired) electrons. The first-order valence-corrected chi connectivity index (χ1v) is 7.51. The third kappa shape index (κ3) is 2.26. The molecule has 1 aliphatic carbocycles. The summed E-state index contributed by atoms with van der Waals surface area (Å²) in [6.07, 6.45) is 5.75. The standard InChI is InChI=1S/C15H18N2OS/c16-14-17-10-13(19-14)15(18)9-5-4-8-12(15)11-6-2-1-3-7-11/h1-3,6-7,10,12,18H,4-5,8-9H2,(H2,16,17). The minimum Gasteiger partial charge on any atom is -0.384 e. The Hall–Kier alpha value is -1.39. The Balaban J connectivity index is 2.01. The lowest BCUT2D eigenvalue weighted by atomic mass is 9.71. The lowest BCUT2D eigenvalue weighted by Gasteiger charge is -2.39. The second-order valence-electron chi connectivity index (χ2n) is 5.20. The van der Waals surface area contributed by atoms with Crippen LogP contribution in [0.25, 0.3) is 0 Å². The van der Waals surface area contributed by atoms with Crippen molar-refractivity contribution in [2.75, 3.05) is 5.73 Å². The number of rotatable bonds is 2. The van der Waals surface area contributed by atoms with Gasteiger partial charge in [-0.2, -0.15) is 0 Å². The third-order valence-corrected chi connectivity index (χ3v) is 5.02. The Labute approximate surface area is 117 Å². The average Bonchev–Trinajstić information content (AvgIpc) is 2.88. The van der Waals surface area contributed by atoms with Crippen LogP contribution < -0.4 is 5.73 Å². The van der Waals surface area contributed by atoms with Crippen LogP contribution in [0.4, 0.5) is 5.13 Å². The normalized spacial score (nSPS) is 27.3. The molecule has 0 saturated heterocycles. The zero-order valence-corrected chi connectivity index (χ0v) is 11.6. The van der Waals surface area contributed by atoms with Gasteiger partial charge in [-0.15, -0.1) is 0 Å². The van der Waals surface area contributed by atoms with Crippen molar-refractivity contribution < 1.29 is 5.11 Å². The molecule has 2 aromatic rings. The van der Waals surface area contributed by atoms with Crippen molar-refractivity contribution in [2.24, 2.45) is 0 Å². The Morgan fingerprint density at radius 1 is 1.26 bits per heavy atom. The van der Waals surface area contributed by atoms with E-state index >= 15 is 0 Å². The van der Waals surface area contributed by atoms with Crippen molar-refractivity contribution in [3.63, 3.8) is 0 Å². The van der Waals surface area contributed by atoms with Gasteiger partial charge in [0.15, 0.2) is 5.13 Å². The summed E-state index contributed by atoms with van der Waals surface area (Å²) in [4.78, 5) is 5.00. The lowest BCUT2D eigenvalue weighted by Crippen LogP contribution is -2.35. The summed E-state index contributed by atoms with van der Waals surface area (Å²) in [6.45, 7) is 0. The van der Waals surface area contributed by atoms with E-state index < -0.39 is 5.60 Å². The van der Waals surface area contributed by atoms with E-state index in [-0.39, 0.29) is 5.92 Å². The Morgan fingerprint density at radius 2 is 2.05 bits per heavy atom.